The molecule has 0 spiro atoms. The van der Waals surface area contributed by atoms with Gasteiger partial charge in [0.15, 0.2) is 9.84 Å². The van der Waals surface area contributed by atoms with Gasteiger partial charge in [-0.15, -0.1) is 0 Å². The average Bonchev–Trinajstić information content (AvgIpc) is 2.82. The van der Waals surface area contributed by atoms with E-state index in [4.69, 9.17) is 21.6 Å². The Balaban J connectivity index is 1.32. The van der Waals surface area contributed by atoms with E-state index in [9.17, 15) is 13.2 Å². The molecular weight excluding hydrogens is 486 g/mol. The van der Waals surface area contributed by atoms with Gasteiger partial charge in [-0.25, -0.2) is 13.4 Å². The fourth-order valence-corrected chi connectivity index (χ4v) is 5.38. The minimum absolute atomic E-state index is 0.0953. The molecule has 1 aliphatic rings. The third kappa shape index (κ3) is 6.02. The molecule has 4 rings (SSSR count). The molecule has 0 saturated heterocycles. The summed E-state index contributed by atoms with van der Waals surface area (Å²) in [5.74, 6) is 1.59. The predicted octanol–water partition coefficient (Wildman–Crippen LogP) is 4.15. The molecule has 2 aromatic carbocycles. The van der Waals surface area contributed by atoms with Crippen molar-refractivity contribution in [1.82, 2.24) is 15.3 Å². The minimum atomic E-state index is -3.38. The van der Waals surface area contributed by atoms with E-state index in [1.807, 2.05) is 43.3 Å². The lowest BCUT2D eigenvalue weighted by atomic mass is 9.86. The first kappa shape index (κ1) is 25.2. The second kappa shape index (κ2) is 10.4. The lowest BCUT2D eigenvalue weighted by molar-refractivity contribution is 0.0943. The number of para-hydroxylation sites is 1. The Morgan fingerprint density at radius 1 is 1.09 bits per heavy atom. The van der Waals surface area contributed by atoms with Gasteiger partial charge in [0.1, 0.15) is 5.82 Å². The molecule has 0 radical (unpaired) electrons. The Kier molecular flexibility index (Phi) is 7.47. The molecule has 1 amide bonds. The minimum Gasteiger partial charge on any atom is -0.362 e. The van der Waals surface area contributed by atoms with Gasteiger partial charge in [-0.3, -0.25) is 4.79 Å². The number of carbonyl (C=O) groups excluding carboxylic acids is 1. The van der Waals surface area contributed by atoms with Crippen LogP contribution in [0, 0.1) is 5.92 Å². The van der Waals surface area contributed by atoms with Crippen molar-refractivity contribution >= 4 is 50.0 Å². The highest BCUT2D eigenvalue weighted by atomic mass is 35.5. The highest BCUT2D eigenvalue weighted by Gasteiger charge is 2.23. The Hall–Kier alpha value is -2.91. The summed E-state index contributed by atoms with van der Waals surface area (Å²) >= 11 is 6.17. The molecular formula is C25H30ClN5O3S. The zero-order chi connectivity index (χ0) is 25.2. The second-order valence-electron chi connectivity index (χ2n) is 9.27. The van der Waals surface area contributed by atoms with Crippen molar-refractivity contribution in [3.63, 3.8) is 0 Å². The van der Waals surface area contributed by atoms with Crippen LogP contribution in [0.3, 0.4) is 0 Å². The van der Waals surface area contributed by atoms with Crippen LogP contribution in [0.1, 0.15) is 36.0 Å². The fraction of sp³-hybridized carbons (Fsp3) is 0.400. The van der Waals surface area contributed by atoms with Gasteiger partial charge in [0.05, 0.1) is 21.0 Å². The quantitative estimate of drug-likeness (QED) is 0.487. The van der Waals surface area contributed by atoms with Gasteiger partial charge in [0, 0.05) is 38.3 Å². The number of hydrogen-bond acceptors (Lipinski definition) is 7. The maximum atomic E-state index is 12.6. The molecule has 0 aliphatic heterocycles. The van der Waals surface area contributed by atoms with E-state index in [0.29, 0.717) is 18.4 Å². The number of nitrogens with one attached hydrogen (secondary N) is 2. The van der Waals surface area contributed by atoms with E-state index in [-0.39, 0.29) is 27.4 Å². The first-order valence-electron chi connectivity index (χ1n) is 11.6. The van der Waals surface area contributed by atoms with Gasteiger partial charge < -0.3 is 15.5 Å². The lowest BCUT2D eigenvalue weighted by Gasteiger charge is -2.29. The van der Waals surface area contributed by atoms with E-state index in [1.165, 1.54) is 18.2 Å². The molecule has 1 aliphatic carbocycles. The van der Waals surface area contributed by atoms with Gasteiger partial charge >= 0.3 is 0 Å². The summed E-state index contributed by atoms with van der Waals surface area (Å²) in [5.41, 5.74) is 1.19. The molecule has 186 valence electrons. The van der Waals surface area contributed by atoms with Gasteiger partial charge in [0.25, 0.3) is 5.91 Å². The topological polar surface area (TPSA) is 104 Å². The van der Waals surface area contributed by atoms with Crippen LogP contribution in [0.5, 0.6) is 0 Å². The van der Waals surface area contributed by atoms with Gasteiger partial charge in [0.2, 0.25) is 5.95 Å². The van der Waals surface area contributed by atoms with Gasteiger partial charge in [-0.1, -0.05) is 23.7 Å². The van der Waals surface area contributed by atoms with Crippen molar-refractivity contribution < 1.29 is 13.2 Å². The van der Waals surface area contributed by atoms with Crippen LogP contribution >= 0.6 is 11.6 Å². The van der Waals surface area contributed by atoms with E-state index < -0.39 is 9.84 Å². The van der Waals surface area contributed by atoms with Crippen molar-refractivity contribution in [1.29, 1.82) is 0 Å². The molecule has 0 atom stereocenters. The highest BCUT2D eigenvalue weighted by Crippen LogP contribution is 2.28. The molecule has 0 bridgehead atoms. The fourth-order valence-electron chi connectivity index (χ4n) is 4.40. The van der Waals surface area contributed by atoms with Crippen LogP contribution in [-0.2, 0) is 9.84 Å². The Labute approximate surface area is 211 Å². The number of aromatic nitrogens is 2. The molecule has 3 aromatic rings. The summed E-state index contributed by atoms with van der Waals surface area (Å²) in [5, 5.41) is 7.60. The number of nitrogens with zero attached hydrogens (tertiary/aromatic N) is 3. The number of hydrogen-bond donors (Lipinski definition) is 2. The third-order valence-corrected chi connectivity index (χ3v) is 7.77. The van der Waals surface area contributed by atoms with Crippen molar-refractivity contribution in [2.24, 2.45) is 5.92 Å². The van der Waals surface area contributed by atoms with Crippen molar-refractivity contribution in [2.45, 2.75) is 36.6 Å². The molecule has 0 unspecified atom stereocenters. The Morgan fingerprint density at radius 2 is 1.80 bits per heavy atom. The maximum Gasteiger partial charge on any atom is 0.252 e. The van der Waals surface area contributed by atoms with E-state index in [2.05, 4.69) is 10.6 Å². The highest BCUT2D eigenvalue weighted by molar-refractivity contribution is 7.90. The van der Waals surface area contributed by atoms with Crippen molar-refractivity contribution in [2.75, 3.05) is 37.1 Å². The molecule has 1 fully saturated rings. The molecule has 1 saturated carbocycles. The second-order valence-corrected chi connectivity index (χ2v) is 11.7. The van der Waals surface area contributed by atoms with Crippen molar-refractivity contribution in [3.8, 4) is 0 Å². The number of anilines is 2. The number of amides is 1. The molecule has 1 aromatic heterocycles. The molecule has 10 heteroatoms. The summed E-state index contributed by atoms with van der Waals surface area (Å²) < 4.78 is 23.3. The zero-order valence-electron chi connectivity index (χ0n) is 20.1. The van der Waals surface area contributed by atoms with Crippen LogP contribution in [0.25, 0.3) is 10.9 Å². The van der Waals surface area contributed by atoms with E-state index >= 15 is 0 Å². The number of carbonyl (C=O) groups is 1. The Bertz CT molecular complexity index is 1340. The third-order valence-electron chi connectivity index (χ3n) is 6.35. The van der Waals surface area contributed by atoms with Crippen LogP contribution in [0.4, 0.5) is 11.8 Å². The average molecular weight is 516 g/mol. The number of fused-ring (bicyclic) bond motifs is 1. The van der Waals surface area contributed by atoms with Gasteiger partial charge in [-0.2, -0.15) is 4.98 Å². The first-order valence-corrected chi connectivity index (χ1v) is 13.9. The van der Waals surface area contributed by atoms with Crippen LogP contribution in [-0.4, -0.2) is 57.2 Å². The summed E-state index contributed by atoms with van der Waals surface area (Å²) in [4.78, 5) is 24.1. The van der Waals surface area contributed by atoms with Crippen molar-refractivity contribution in [3.05, 3.63) is 53.1 Å². The summed E-state index contributed by atoms with van der Waals surface area (Å²) in [7, 11) is 0.579. The number of rotatable bonds is 7. The Morgan fingerprint density at radius 3 is 2.46 bits per heavy atom. The van der Waals surface area contributed by atoms with E-state index in [1.54, 1.807) is 0 Å². The monoisotopic (exact) mass is 515 g/mol. The first-order chi connectivity index (χ1) is 16.6. The molecule has 1 heterocycles. The predicted molar refractivity (Wildman–Crippen MR) is 140 cm³/mol. The molecule has 2 N–H and O–H groups in total. The normalized spacial score (nSPS) is 18.3. The lowest BCUT2D eigenvalue weighted by Crippen LogP contribution is -2.34. The zero-order valence-corrected chi connectivity index (χ0v) is 21.7. The number of halogens is 1. The van der Waals surface area contributed by atoms with Crippen LogP contribution < -0.4 is 15.5 Å². The van der Waals surface area contributed by atoms with E-state index in [0.717, 1.165) is 48.7 Å². The largest absolute Gasteiger partial charge is 0.362 e. The smallest absolute Gasteiger partial charge is 0.252 e. The standard InChI is InChI=1S/C25H30ClN5O3S/c1-31(2)23-20-6-4-5-7-22(20)29-25(30-23)28-17-10-8-16(9-11-17)15-27-24(32)19-13-12-18(14-21(19)26)35(3,33)34/h4-7,12-14,16-17H,8-11,15H2,1-3H3,(H,27,32)(H,28,29,30)/t16-,17+. The number of benzene rings is 2. The molecule has 8 nitrogen and oxygen atoms in total. The molecule has 35 heavy (non-hydrogen) atoms. The maximum absolute atomic E-state index is 12.6. The summed E-state index contributed by atoms with van der Waals surface area (Å²) in [6, 6.07) is 12.5. The summed E-state index contributed by atoms with van der Waals surface area (Å²) in [6.07, 6.45) is 4.95. The number of sulfone groups is 1. The van der Waals surface area contributed by atoms with Crippen LogP contribution in [0.15, 0.2) is 47.4 Å². The summed E-state index contributed by atoms with van der Waals surface area (Å²) in [6.45, 7) is 0.549. The van der Waals surface area contributed by atoms with Crippen LogP contribution in [0.2, 0.25) is 5.02 Å². The van der Waals surface area contributed by atoms with Gasteiger partial charge in [-0.05, 0) is 61.9 Å². The SMILES string of the molecule is CN(C)c1nc(N[C@H]2CC[C@@H](CNC(=O)c3ccc(S(C)(=O)=O)cc3Cl)CC2)nc2ccccc12.